The fraction of sp³-hybridized carbons (Fsp3) is 0.905. The van der Waals surface area contributed by atoms with Gasteiger partial charge in [-0.25, -0.2) is 0 Å². The Balaban J connectivity index is 3.20. The van der Waals surface area contributed by atoms with Crippen LogP contribution in [0.1, 0.15) is 117 Å². The van der Waals surface area contributed by atoms with Gasteiger partial charge in [0.15, 0.2) is 0 Å². The standard InChI is InChI=1S/C18H36O2.C3H6O3.Al.H/c1-2-3-4-5-6-7-8-9-10-11-12-13-14-15-16-17-18(19)20;1-2(4)3(5)6;;/h2-17H2,1H3,(H,19,20);2,4H,1H3,(H,5,6);;/q;;+2;/p-2. The SMILES string of the molecule is CCCCCCCCCCCCCCCCCC(=O)[O][AlH][O]C(=O)C(C)O. The van der Waals surface area contributed by atoms with Crippen LogP contribution in [-0.4, -0.2) is 39.0 Å². The topological polar surface area (TPSA) is 72.8 Å². The van der Waals surface area contributed by atoms with Gasteiger partial charge in [-0.05, 0) is 13.3 Å². The highest BCUT2D eigenvalue weighted by Gasteiger charge is 2.15. The Morgan fingerprint density at radius 2 is 1.15 bits per heavy atom. The summed E-state index contributed by atoms with van der Waals surface area (Å²) in [5.74, 6) is -1.02. The molecule has 0 aromatic rings. The van der Waals surface area contributed by atoms with E-state index < -0.39 is 28.0 Å². The van der Waals surface area contributed by atoms with Crippen molar-refractivity contribution in [1.82, 2.24) is 0 Å². The van der Waals surface area contributed by atoms with E-state index in [0.29, 0.717) is 6.42 Å². The molecule has 5 nitrogen and oxygen atoms in total. The summed E-state index contributed by atoms with van der Waals surface area (Å²) in [6.45, 7) is 3.59. The first-order chi connectivity index (χ1) is 13.1. The van der Waals surface area contributed by atoms with Crippen LogP contribution in [0.25, 0.3) is 0 Å². The van der Waals surface area contributed by atoms with Gasteiger partial charge in [0.1, 0.15) is 6.10 Å². The molecule has 158 valence electrons. The lowest BCUT2D eigenvalue weighted by atomic mass is 10.0. The Hall–Kier alpha value is -0.568. The molecular formula is C21H41AlO5. The molecule has 0 spiro atoms. The van der Waals surface area contributed by atoms with E-state index in [1.54, 1.807) is 0 Å². The molecule has 0 heterocycles. The minimum Gasteiger partial charge on any atom is -0.588 e. The number of unbranched alkanes of at least 4 members (excludes halogenated alkanes) is 14. The molecule has 0 aliphatic rings. The van der Waals surface area contributed by atoms with Gasteiger partial charge in [0, 0.05) is 6.42 Å². The number of hydrogen-bond acceptors (Lipinski definition) is 5. The quantitative estimate of drug-likeness (QED) is 0.244. The van der Waals surface area contributed by atoms with Crippen molar-refractivity contribution < 1.29 is 22.3 Å². The third kappa shape index (κ3) is 20.0. The second kappa shape index (κ2) is 20.2. The number of aliphatic hydroxyl groups excluding tert-OH is 1. The van der Waals surface area contributed by atoms with Crippen LogP contribution < -0.4 is 0 Å². The normalized spacial score (nSPS) is 11.8. The fourth-order valence-electron chi connectivity index (χ4n) is 2.99. The lowest BCUT2D eigenvalue weighted by molar-refractivity contribution is -0.145. The van der Waals surface area contributed by atoms with Crippen molar-refractivity contribution in [1.29, 1.82) is 0 Å². The molecule has 0 aromatic carbocycles. The highest BCUT2D eigenvalue weighted by atomic mass is 27.2. The molecule has 27 heavy (non-hydrogen) atoms. The number of hydrogen-bond donors (Lipinski definition) is 1. The van der Waals surface area contributed by atoms with E-state index in [-0.39, 0.29) is 5.97 Å². The van der Waals surface area contributed by atoms with E-state index in [4.69, 9.17) is 12.7 Å². The monoisotopic (exact) mass is 400 g/mol. The Kier molecular flexibility index (Phi) is 19.8. The summed E-state index contributed by atoms with van der Waals surface area (Å²) in [5.41, 5.74) is 0. The van der Waals surface area contributed by atoms with Crippen molar-refractivity contribution in [2.75, 3.05) is 0 Å². The predicted molar refractivity (Wildman–Crippen MR) is 111 cm³/mol. The highest BCUT2D eigenvalue weighted by Crippen LogP contribution is 2.13. The van der Waals surface area contributed by atoms with Crippen LogP contribution in [0.2, 0.25) is 0 Å². The van der Waals surface area contributed by atoms with Gasteiger partial charge in [-0.15, -0.1) is 0 Å². The van der Waals surface area contributed by atoms with Gasteiger partial charge in [-0.1, -0.05) is 96.8 Å². The van der Waals surface area contributed by atoms with Crippen LogP contribution in [0.3, 0.4) is 0 Å². The first kappa shape index (κ1) is 26.4. The maximum absolute atomic E-state index is 11.5. The molecule has 0 fully saturated rings. The minimum atomic E-state index is -1.65. The van der Waals surface area contributed by atoms with Gasteiger partial charge < -0.3 is 12.7 Å². The number of carbonyl (C=O) groups is 2. The second-order valence-electron chi connectivity index (χ2n) is 7.47. The van der Waals surface area contributed by atoms with E-state index in [1.165, 1.54) is 90.4 Å². The van der Waals surface area contributed by atoms with Gasteiger partial charge in [-0.2, -0.15) is 0 Å². The van der Waals surface area contributed by atoms with E-state index in [0.717, 1.165) is 12.8 Å². The zero-order valence-corrected chi connectivity index (χ0v) is 19.1. The minimum absolute atomic E-state index is 0.297. The summed E-state index contributed by atoms with van der Waals surface area (Å²) in [5, 5.41) is 8.95. The molecule has 0 saturated carbocycles. The summed E-state index contributed by atoms with van der Waals surface area (Å²) in [7, 11) is 0. The van der Waals surface area contributed by atoms with E-state index in [1.807, 2.05) is 0 Å². The molecule has 0 amide bonds. The molecule has 0 rings (SSSR count). The predicted octanol–water partition coefficient (Wildman–Crippen LogP) is 4.98. The number of carbonyl (C=O) groups excluding carboxylic acids is 2. The molecule has 0 bridgehead atoms. The van der Waals surface area contributed by atoms with Crippen molar-refractivity contribution in [3.63, 3.8) is 0 Å². The summed E-state index contributed by atoms with van der Waals surface area (Å²) in [6.07, 6.45) is 18.6. The zero-order valence-electron chi connectivity index (χ0n) is 17.7. The van der Waals surface area contributed by atoms with Gasteiger partial charge in [0.05, 0.1) is 0 Å². The molecule has 0 aliphatic heterocycles. The van der Waals surface area contributed by atoms with Crippen molar-refractivity contribution in [3.8, 4) is 0 Å². The molecule has 0 radical (unpaired) electrons. The van der Waals surface area contributed by atoms with Crippen molar-refractivity contribution >= 4 is 27.8 Å². The second-order valence-corrected chi connectivity index (χ2v) is 8.29. The molecule has 0 aliphatic carbocycles. The summed E-state index contributed by atoms with van der Waals surface area (Å²) in [6, 6.07) is 0. The average Bonchev–Trinajstić information content (AvgIpc) is 2.64. The van der Waals surface area contributed by atoms with Crippen LogP contribution in [0.15, 0.2) is 0 Å². The van der Waals surface area contributed by atoms with E-state index in [9.17, 15) is 9.59 Å². The lowest BCUT2D eigenvalue weighted by Gasteiger charge is -2.07. The zero-order chi connectivity index (χ0) is 20.2. The summed E-state index contributed by atoms with van der Waals surface area (Å²) in [4.78, 5) is 22.5. The average molecular weight is 401 g/mol. The Bertz CT molecular complexity index is 360. The van der Waals surface area contributed by atoms with Crippen molar-refractivity contribution in [2.24, 2.45) is 0 Å². The Morgan fingerprint density at radius 1 is 0.741 bits per heavy atom. The first-order valence-electron chi connectivity index (χ1n) is 11.1. The summed E-state index contributed by atoms with van der Waals surface area (Å²) < 4.78 is 9.64. The summed E-state index contributed by atoms with van der Waals surface area (Å²) >= 11 is -1.65. The molecule has 0 aromatic heterocycles. The van der Waals surface area contributed by atoms with Crippen LogP contribution in [0, 0.1) is 0 Å². The van der Waals surface area contributed by atoms with Gasteiger partial charge in [0.2, 0.25) is 0 Å². The van der Waals surface area contributed by atoms with Gasteiger partial charge >= 0.3 is 21.9 Å². The number of aliphatic hydroxyl groups is 1. The van der Waals surface area contributed by atoms with Crippen LogP contribution in [0.5, 0.6) is 0 Å². The third-order valence-electron chi connectivity index (χ3n) is 4.75. The molecule has 1 atom stereocenters. The lowest BCUT2D eigenvalue weighted by Crippen LogP contribution is -2.23. The Morgan fingerprint density at radius 3 is 1.56 bits per heavy atom. The molecule has 0 saturated heterocycles. The van der Waals surface area contributed by atoms with E-state index >= 15 is 0 Å². The first-order valence-corrected chi connectivity index (χ1v) is 12.2. The van der Waals surface area contributed by atoms with Crippen molar-refractivity contribution in [3.05, 3.63) is 0 Å². The smallest absolute Gasteiger partial charge is 0.588 e. The van der Waals surface area contributed by atoms with E-state index in [2.05, 4.69) is 6.92 Å². The highest BCUT2D eigenvalue weighted by molar-refractivity contribution is 6.26. The van der Waals surface area contributed by atoms with Gasteiger partial charge in [-0.3, -0.25) is 9.59 Å². The molecule has 1 unspecified atom stereocenters. The van der Waals surface area contributed by atoms with Crippen LogP contribution in [-0.2, 0) is 17.2 Å². The maximum atomic E-state index is 11.5. The van der Waals surface area contributed by atoms with Crippen molar-refractivity contribution in [2.45, 2.75) is 123 Å². The van der Waals surface area contributed by atoms with Crippen LogP contribution >= 0.6 is 0 Å². The third-order valence-corrected chi connectivity index (χ3v) is 5.59. The molecule has 6 heteroatoms. The Labute approximate surface area is 173 Å². The molecule has 1 N–H and O–H groups in total. The largest absolute Gasteiger partial charge is 0.836 e. The maximum Gasteiger partial charge on any atom is 0.836 e. The number of rotatable bonds is 19. The van der Waals surface area contributed by atoms with Crippen LogP contribution in [0.4, 0.5) is 0 Å². The fourth-order valence-corrected chi connectivity index (χ4v) is 3.68. The van der Waals surface area contributed by atoms with Gasteiger partial charge in [0.25, 0.3) is 5.97 Å². The molecular weight excluding hydrogens is 359 g/mol.